The summed E-state index contributed by atoms with van der Waals surface area (Å²) in [7, 11) is 1.81. The summed E-state index contributed by atoms with van der Waals surface area (Å²) in [6.07, 6.45) is 3.59. The molecule has 0 spiro atoms. The molecular weight excluding hydrogens is 230 g/mol. The summed E-state index contributed by atoms with van der Waals surface area (Å²) in [4.78, 5) is 17.9. The third-order valence-corrected chi connectivity index (χ3v) is 3.22. The number of aromatic nitrogens is 1. The van der Waals surface area contributed by atoms with E-state index in [1.54, 1.807) is 23.2 Å². The van der Waals surface area contributed by atoms with Crippen LogP contribution in [0.5, 0.6) is 0 Å². The Bertz CT molecular complexity index is 416. The van der Waals surface area contributed by atoms with Crippen LogP contribution in [-0.4, -0.2) is 42.6 Å². The number of rotatable bonds is 3. The predicted octanol–water partition coefficient (Wildman–Crippen LogP) is 1.16. The maximum absolute atomic E-state index is 12.1. The molecule has 2 heterocycles. The van der Waals surface area contributed by atoms with Crippen molar-refractivity contribution < 1.29 is 9.53 Å². The second-order valence-electron chi connectivity index (χ2n) is 4.72. The molecular formula is C13H19N3O2. The third-order valence-electron chi connectivity index (χ3n) is 3.22. The van der Waals surface area contributed by atoms with Gasteiger partial charge < -0.3 is 15.4 Å². The van der Waals surface area contributed by atoms with E-state index in [-0.39, 0.29) is 5.91 Å². The molecule has 5 nitrogen and oxygen atoms in total. The highest BCUT2D eigenvalue weighted by Crippen LogP contribution is 2.16. The second kappa shape index (κ2) is 5.82. The normalized spacial score (nSPS) is 16.5. The minimum atomic E-state index is -0.0752. The number of nitrogens with zero attached hydrogens (tertiary/aromatic N) is 2. The molecule has 2 rings (SSSR count). The summed E-state index contributed by atoms with van der Waals surface area (Å²) >= 11 is 0. The minimum absolute atomic E-state index is 0.0752. The number of nitrogens with two attached hydrogens (primary N) is 1. The van der Waals surface area contributed by atoms with Crippen LogP contribution in [0.25, 0.3) is 0 Å². The summed E-state index contributed by atoms with van der Waals surface area (Å²) in [6.45, 7) is 2.34. The first-order chi connectivity index (χ1) is 8.66. The molecule has 0 radical (unpaired) electrons. The molecule has 0 saturated carbocycles. The maximum Gasteiger partial charge on any atom is 0.272 e. The Morgan fingerprint density at radius 1 is 1.56 bits per heavy atom. The average Bonchev–Trinajstić information content (AvgIpc) is 2.39. The van der Waals surface area contributed by atoms with Gasteiger partial charge in [-0.2, -0.15) is 0 Å². The van der Waals surface area contributed by atoms with Crippen molar-refractivity contribution in [3.8, 4) is 0 Å². The first-order valence-corrected chi connectivity index (χ1v) is 6.21. The molecule has 0 atom stereocenters. The molecule has 1 aliphatic rings. The highest BCUT2D eigenvalue weighted by Gasteiger charge is 2.20. The van der Waals surface area contributed by atoms with E-state index in [1.165, 1.54) is 0 Å². The molecule has 1 saturated heterocycles. The van der Waals surface area contributed by atoms with Crippen LogP contribution < -0.4 is 5.73 Å². The van der Waals surface area contributed by atoms with E-state index in [2.05, 4.69) is 4.98 Å². The molecule has 0 bridgehead atoms. The van der Waals surface area contributed by atoms with Gasteiger partial charge in [-0.3, -0.25) is 9.78 Å². The van der Waals surface area contributed by atoms with Gasteiger partial charge in [0.1, 0.15) is 5.69 Å². The molecule has 1 aromatic heterocycles. The molecule has 0 aliphatic carbocycles. The summed E-state index contributed by atoms with van der Waals surface area (Å²) in [5.74, 6) is 0.447. The first kappa shape index (κ1) is 12.8. The van der Waals surface area contributed by atoms with E-state index in [1.807, 2.05) is 7.05 Å². The summed E-state index contributed by atoms with van der Waals surface area (Å²) in [5.41, 5.74) is 6.62. The number of carbonyl (C=O) groups excluding carboxylic acids is 1. The lowest BCUT2D eigenvalue weighted by molar-refractivity contribution is 0.0495. The van der Waals surface area contributed by atoms with Gasteiger partial charge in [-0.25, -0.2) is 0 Å². The Balaban J connectivity index is 1.95. The van der Waals surface area contributed by atoms with Crippen molar-refractivity contribution in [2.45, 2.75) is 12.8 Å². The van der Waals surface area contributed by atoms with Gasteiger partial charge in [0.05, 0.1) is 0 Å². The number of nitrogen functional groups attached to an aromatic ring is 1. The van der Waals surface area contributed by atoms with E-state index >= 15 is 0 Å². The van der Waals surface area contributed by atoms with E-state index < -0.39 is 0 Å². The zero-order valence-electron chi connectivity index (χ0n) is 10.6. The average molecular weight is 249 g/mol. The van der Waals surface area contributed by atoms with Gasteiger partial charge in [0, 0.05) is 38.7 Å². The van der Waals surface area contributed by atoms with Gasteiger partial charge in [0.25, 0.3) is 5.91 Å². The van der Waals surface area contributed by atoms with Crippen LogP contribution in [0.4, 0.5) is 5.69 Å². The fourth-order valence-corrected chi connectivity index (χ4v) is 2.16. The molecule has 0 aromatic carbocycles. The van der Waals surface area contributed by atoms with Crippen LogP contribution in [0, 0.1) is 5.92 Å². The van der Waals surface area contributed by atoms with Crippen molar-refractivity contribution in [1.82, 2.24) is 9.88 Å². The fraction of sp³-hybridized carbons (Fsp3) is 0.538. The maximum atomic E-state index is 12.1. The Hall–Kier alpha value is -1.62. The van der Waals surface area contributed by atoms with E-state index in [9.17, 15) is 4.79 Å². The van der Waals surface area contributed by atoms with Crippen LogP contribution in [-0.2, 0) is 4.74 Å². The van der Waals surface area contributed by atoms with Gasteiger partial charge in [-0.1, -0.05) is 0 Å². The zero-order chi connectivity index (χ0) is 13.0. The van der Waals surface area contributed by atoms with Crippen LogP contribution in [0.2, 0.25) is 0 Å². The lowest BCUT2D eigenvalue weighted by Crippen LogP contribution is -2.34. The number of pyridine rings is 1. The molecule has 18 heavy (non-hydrogen) atoms. The van der Waals surface area contributed by atoms with Crippen LogP contribution in [0.15, 0.2) is 18.3 Å². The standard InChI is InChI=1S/C13H19N3O2/c1-16(9-10-3-6-18-7-4-10)13(17)12-8-11(14)2-5-15-12/h2,5,8,10H,3-4,6-7,9H2,1H3,(H2,14,15). The van der Waals surface area contributed by atoms with Gasteiger partial charge in [0.15, 0.2) is 0 Å². The molecule has 2 N–H and O–H groups in total. The summed E-state index contributed by atoms with van der Waals surface area (Å²) in [5, 5.41) is 0. The van der Waals surface area contributed by atoms with Crippen LogP contribution in [0.3, 0.4) is 0 Å². The summed E-state index contributed by atoms with van der Waals surface area (Å²) < 4.78 is 5.31. The van der Waals surface area contributed by atoms with Gasteiger partial charge in [-0.05, 0) is 30.9 Å². The minimum Gasteiger partial charge on any atom is -0.399 e. The molecule has 1 aliphatic heterocycles. The highest BCUT2D eigenvalue weighted by atomic mass is 16.5. The van der Waals surface area contributed by atoms with Crippen molar-refractivity contribution in [3.63, 3.8) is 0 Å². The lowest BCUT2D eigenvalue weighted by Gasteiger charge is -2.27. The topological polar surface area (TPSA) is 68.5 Å². The van der Waals surface area contributed by atoms with Crippen molar-refractivity contribution in [1.29, 1.82) is 0 Å². The number of carbonyl (C=O) groups is 1. The van der Waals surface area contributed by atoms with Crippen molar-refractivity contribution in [3.05, 3.63) is 24.0 Å². The van der Waals surface area contributed by atoms with Crippen molar-refractivity contribution >= 4 is 11.6 Å². The number of anilines is 1. The summed E-state index contributed by atoms with van der Waals surface area (Å²) in [6, 6.07) is 3.29. The zero-order valence-corrected chi connectivity index (χ0v) is 10.6. The Morgan fingerprint density at radius 2 is 2.28 bits per heavy atom. The van der Waals surface area contributed by atoms with Crippen LogP contribution in [0.1, 0.15) is 23.3 Å². The third kappa shape index (κ3) is 3.20. The lowest BCUT2D eigenvalue weighted by atomic mass is 10.00. The highest BCUT2D eigenvalue weighted by molar-refractivity contribution is 5.92. The quantitative estimate of drug-likeness (QED) is 0.873. The SMILES string of the molecule is CN(CC1CCOCC1)C(=O)c1cc(N)ccn1. The van der Waals surface area contributed by atoms with Gasteiger partial charge in [-0.15, -0.1) is 0 Å². The molecule has 5 heteroatoms. The molecule has 1 amide bonds. The largest absolute Gasteiger partial charge is 0.399 e. The molecule has 1 aromatic rings. The van der Waals surface area contributed by atoms with Crippen LogP contribution >= 0.6 is 0 Å². The number of ether oxygens (including phenoxy) is 1. The monoisotopic (exact) mass is 249 g/mol. The molecule has 98 valence electrons. The smallest absolute Gasteiger partial charge is 0.272 e. The van der Waals surface area contributed by atoms with Gasteiger partial charge in [0.2, 0.25) is 0 Å². The number of amides is 1. The Morgan fingerprint density at radius 3 is 2.94 bits per heavy atom. The van der Waals surface area contributed by atoms with Gasteiger partial charge >= 0.3 is 0 Å². The van der Waals surface area contributed by atoms with E-state index in [4.69, 9.17) is 10.5 Å². The van der Waals surface area contributed by atoms with Crippen molar-refractivity contribution in [2.75, 3.05) is 32.5 Å². The molecule has 0 unspecified atom stereocenters. The first-order valence-electron chi connectivity index (χ1n) is 6.21. The Labute approximate surface area is 107 Å². The predicted molar refractivity (Wildman–Crippen MR) is 69.2 cm³/mol. The second-order valence-corrected chi connectivity index (χ2v) is 4.72. The van der Waals surface area contributed by atoms with Crippen molar-refractivity contribution in [2.24, 2.45) is 5.92 Å². The number of hydrogen-bond donors (Lipinski definition) is 1. The molecule has 1 fully saturated rings. The van der Waals surface area contributed by atoms with E-state index in [0.29, 0.717) is 17.3 Å². The fourth-order valence-electron chi connectivity index (χ4n) is 2.16. The Kier molecular flexibility index (Phi) is 4.15. The number of hydrogen-bond acceptors (Lipinski definition) is 4. The van der Waals surface area contributed by atoms with E-state index in [0.717, 1.165) is 32.6 Å².